The van der Waals surface area contributed by atoms with E-state index >= 15 is 0 Å². The molecule has 1 aromatic rings. The molecule has 0 heterocycles. The standard InChI is InChI=1S/C12H16O3/c1-9(13)6-7-10-4-3-5-11(8-10)12(14)15-2/h3-5,8-9,13H,6-7H2,1-2H3/t9-/m1/s1. The van der Waals surface area contributed by atoms with Crippen LogP contribution in [-0.2, 0) is 11.2 Å². The molecule has 0 aromatic heterocycles. The second-order valence-electron chi connectivity index (χ2n) is 3.58. The van der Waals surface area contributed by atoms with Gasteiger partial charge in [-0.25, -0.2) is 4.79 Å². The first kappa shape index (κ1) is 11.7. The normalized spacial score (nSPS) is 12.2. The fourth-order valence-corrected chi connectivity index (χ4v) is 1.35. The zero-order chi connectivity index (χ0) is 11.3. The second kappa shape index (κ2) is 5.51. The summed E-state index contributed by atoms with van der Waals surface area (Å²) in [5, 5.41) is 9.15. The summed E-state index contributed by atoms with van der Waals surface area (Å²) in [4.78, 5) is 11.2. The molecule has 0 aliphatic carbocycles. The van der Waals surface area contributed by atoms with Gasteiger partial charge in [-0.2, -0.15) is 0 Å². The summed E-state index contributed by atoms with van der Waals surface area (Å²) >= 11 is 0. The number of benzene rings is 1. The molecule has 0 aliphatic rings. The minimum Gasteiger partial charge on any atom is -0.465 e. The van der Waals surface area contributed by atoms with Crippen molar-refractivity contribution < 1.29 is 14.6 Å². The Balaban J connectivity index is 2.70. The van der Waals surface area contributed by atoms with Crippen molar-refractivity contribution in [2.75, 3.05) is 7.11 Å². The van der Waals surface area contributed by atoms with E-state index < -0.39 is 0 Å². The van der Waals surface area contributed by atoms with E-state index in [1.165, 1.54) is 7.11 Å². The molecule has 1 N–H and O–H groups in total. The van der Waals surface area contributed by atoms with E-state index in [0.29, 0.717) is 12.0 Å². The van der Waals surface area contributed by atoms with E-state index in [9.17, 15) is 4.79 Å². The van der Waals surface area contributed by atoms with Crippen LogP contribution in [-0.4, -0.2) is 24.3 Å². The first-order valence-corrected chi connectivity index (χ1v) is 4.99. The van der Waals surface area contributed by atoms with Crippen LogP contribution in [0.2, 0.25) is 0 Å². The highest BCUT2D eigenvalue weighted by atomic mass is 16.5. The summed E-state index contributed by atoms with van der Waals surface area (Å²) in [7, 11) is 1.37. The lowest BCUT2D eigenvalue weighted by Crippen LogP contribution is -2.04. The van der Waals surface area contributed by atoms with Gasteiger partial charge in [-0.05, 0) is 37.5 Å². The molecule has 0 spiro atoms. The van der Waals surface area contributed by atoms with Gasteiger partial charge in [-0.3, -0.25) is 0 Å². The minimum atomic E-state index is -0.325. The maximum absolute atomic E-state index is 11.2. The van der Waals surface area contributed by atoms with Gasteiger partial charge >= 0.3 is 5.97 Å². The fourth-order valence-electron chi connectivity index (χ4n) is 1.35. The predicted octanol–water partition coefficient (Wildman–Crippen LogP) is 1.79. The minimum absolute atomic E-state index is 0.313. The van der Waals surface area contributed by atoms with Gasteiger partial charge in [0.2, 0.25) is 0 Å². The molecule has 3 nitrogen and oxygen atoms in total. The molecular weight excluding hydrogens is 192 g/mol. The Morgan fingerprint density at radius 3 is 2.87 bits per heavy atom. The average Bonchev–Trinajstić information content (AvgIpc) is 2.25. The quantitative estimate of drug-likeness (QED) is 0.767. The van der Waals surface area contributed by atoms with Crippen LogP contribution in [0.1, 0.15) is 29.3 Å². The lowest BCUT2D eigenvalue weighted by molar-refractivity contribution is 0.0600. The second-order valence-corrected chi connectivity index (χ2v) is 3.58. The van der Waals surface area contributed by atoms with Crippen molar-refractivity contribution in [1.29, 1.82) is 0 Å². The van der Waals surface area contributed by atoms with E-state index in [1.54, 1.807) is 19.1 Å². The Hall–Kier alpha value is -1.35. The Labute approximate surface area is 89.7 Å². The number of aliphatic hydroxyl groups excluding tert-OH is 1. The summed E-state index contributed by atoms with van der Waals surface area (Å²) in [6.07, 6.45) is 1.15. The predicted molar refractivity (Wildman–Crippen MR) is 57.8 cm³/mol. The van der Waals surface area contributed by atoms with Gasteiger partial charge in [0.1, 0.15) is 0 Å². The topological polar surface area (TPSA) is 46.5 Å². The van der Waals surface area contributed by atoms with Crippen LogP contribution < -0.4 is 0 Å². The summed E-state index contributed by atoms with van der Waals surface area (Å²) in [6.45, 7) is 1.75. The van der Waals surface area contributed by atoms with Crippen LogP contribution in [0.5, 0.6) is 0 Å². The van der Waals surface area contributed by atoms with E-state index in [-0.39, 0.29) is 12.1 Å². The largest absolute Gasteiger partial charge is 0.465 e. The first-order chi connectivity index (χ1) is 7.13. The van der Waals surface area contributed by atoms with Gasteiger partial charge in [0, 0.05) is 0 Å². The molecule has 0 unspecified atom stereocenters. The molecule has 82 valence electrons. The van der Waals surface area contributed by atoms with Crippen molar-refractivity contribution >= 4 is 5.97 Å². The number of esters is 1. The van der Waals surface area contributed by atoms with Crippen molar-refractivity contribution in [2.24, 2.45) is 0 Å². The molecule has 3 heteroatoms. The van der Waals surface area contributed by atoms with Crippen LogP contribution >= 0.6 is 0 Å². The Morgan fingerprint density at radius 1 is 1.53 bits per heavy atom. The van der Waals surface area contributed by atoms with E-state index in [4.69, 9.17) is 5.11 Å². The van der Waals surface area contributed by atoms with E-state index in [0.717, 1.165) is 12.0 Å². The van der Waals surface area contributed by atoms with Crippen molar-refractivity contribution in [1.82, 2.24) is 0 Å². The van der Waals surface area contributed by atoms with Crippen LogP contribution in [0, 0.1) is 0 Å². The molecular formula is C12H16O3. The van der Waals surface area contributed by atoms with Crippen molar-refractivity contribution in [3.63, 3.8) is 0 Å². The third-order valence-corrected chi connectivity index (χ3v) is 2.20. The lowest BCUT2D eigenvalue weighted by atomic mass is 10.0. The number of aryl methyl sites for hydroxylation is 1. The van der Waals surface area contributed by atoms with E-state index in [1.807, 2.05) is 12.1 Å². The van der Waals surface area contributed by atoms with Crippen molar-refractivity contribution in [3.8, 4) is 0 Å². The Bertz CT molecular complexity index is 331. The van der Waals surface area contributed by atoms with Gasteiger partial charge in [0.15, 0.2) is 0 Å². The van der Waals surface area contributed by atoms with Crippen LogP contribution in [0.4, 0.5) is 0 Å². The number of rotatable bonds is 4. The number of ether oxygens (including phenoxy) is 1. The molecule has 0 radical (unpaired) electrons. The smallest absolute Gasteiger partial charge is 0.337 e. The summed E-state index contributed by atoms with van der Waals surface area (Å²) in [5.41, 5.74) is 1.60. The molecule has 0 aliphatic heterocycles. The molecule has 0 amide bonds. The monoisotopic (exact) mass is 208 g/mol. The third-order valence-electron chi connectivity index (χ3n) is 2.20. The average molecular weight is 208 g/mol. The lowest BCUT2D eigenvalue weighted by Gasteiger charge is -2.05. The van der Waals surface area contributed by atoms with Crippen LogP contribution in [0.15, 0.2) is 24.3 Å². The zero-order valence-corrected chi connectivity index (χ0v) is 9.06. The molecule has 15 heavy (non-hydrogen) atoms. The fraction of sp³-hybridized carbons (Fsp3) is 0.417. The number of methoxy groups -OCH3 is 1. The maximum atomic E-state index is 11.2. The van der Waals surface area contributed by atoms with Gasteiger partial charge in [0.25, 0.3) is 0 Å². The molecule has 0 fully saturated rings. The zero-order valence-electron chi connectivity index (χ0n) is 9.06. The summed E-state index contributed by atoms with van der Waals surface area (Å²) in [6, 6.07) is 7.28. The molecule has 1 rings (SSSR count). The molecule has 0 saturated heterocycles. The van der Waals surface area contributed by atoms with Gasteiger partial charge < -0.3 is 9.84 Å². The highest BCUT2D eigenvalue weighted by Gasteiger charge is 2.05. The van der Waals surface area contributed by atoms with Gasteiger partial charge in [-0.1, -0.05) is 12.1 Å². The number of hydrogen-bond donors (Lipinski definition) is 1. The maximum Gasteiger partial charge on any atom is 0.337 e. The highest BCUT2D eigenvalue weighted by molar-refractivity contribution is 5.89. The van der Waals surface area contributed by atoms with Crippen LogP contribution in [0.3, 0.4) is 0 Å². The van der Waals surface area contributed by atoms with Gasteiger partial charge in [-0.15, -0.1) is 0 Å². The first-order valence-electron chi connectivity index (χ1n) is 4.99. The molecule has 1 aromatic carbocycles. The van der Waals surface area contributed by atoms with Crippen LogP contribution in [0.25, 0.3) is 0 Å². The molecule has 0 saturated carbocycles. The van der Waals surface area contributed by atoms with Crippen molar-refractivity contribution in [3.05, 3.63) is 35.4 Å². The van der Waals surface area contributed by atoms with E-state index in [2.05, 4.69) is 4.74 Å². The highest BCUT2D eigenvalue weighted by Crippen LogP contribution is 2.09. The summed E-state index contributed by atoms with van der Waals surface area (Å²) in [5.74, 6) is -0.325. The number of aliphatic hydroxyl groups is 1. The summed E-state index contributed by atoms with van der Waals surface area (Å²) < 4.78 is 4.63. The van der Waals surface area contributed by atoms with Gasteiger partial charge in [0.05, 0.1) is 18.8 Å². The number of carbonyl (C=O) groups excluding carboxylic acids is 1. The Morgan fingerprint density at radius 2 is 2.27 bits per heavy atom. The molecule has 0 bridgehead atoms. The number of hydrogen-bond acceptors (Lipinski definition) is 3. The SMILES string of the molecule is COC(=O)c1cccc(CC[C@@H](C)O)c1. The van der Waals surface area contributed by atoms with Crippen molar-refractivity contribution in [2.45, 2.75) is 25.9 Å². The molecule has 1 atom stereocenters. The number of carbonyl (C=O) groups is 1. The Kier molecular flexibility index (Phi) is 4.31. The third kappa shape index (κ3) is 3.72.